The van der Waals surface area contributed by atoms with Crippen molar-refractivity contribution in [3.63, 3.8) is 0 Å². The number of amides is 3. The highest BCUT2D eigenvalue weighted by Gasteiger charge is 2.42. The maximum atomic E-state index is 15.6. The largest absolute Gasteiger partial charge is 0.395 e. The summed E-state index contributed by atoms with van der Waals surface area (Å²) >= 11 is 50.6. The molecule has 9 aromatic heterocycles. The van der Waals surface area contributed by atoms with Crippen LogP contribution in [-0.2, 0) is 14.4 Å². The van der Waals surface area contributed by atoms with Gasteiger partial charge in [-0.3, -0.25) is 57.4 Å². The SMILES string of the molecule is C=CC(=O)N1[C@H](C)CN(c2c(C#N)c(=O)n(-c3c(C)ccnc3C(C)C)c3nc(-c4c(F)c(F)c(F)c(N)c4Cl)c(Cl)cc23)C[C@@H]1C.C=CC(=O)N1[C@H](C)CN(c2c(C#N)c(=O)n(-c3c(C)ccnc3C(C)C)c3nc(-c4c(F)c(N)c(Cl)c(Cl)c4F)c(Cl)cc23)C[C@@H]1C.C=CC(=O)N1[C@H](C)CN(c2c(C#N)c(=O)n(-c3c(C)ccnc3C(C)C)c3nc(-c4c(F)c(N)c(Cl)c(Cl)c4F)c(Cl)cc23)C[C@@H]1C. The van der Waals surface area contributed by atoms with Gasteiger partial charge in [-0.05, 0) is 151 Å². The first-order valence-electron chi connectivity index (χ1n) is 43.9. The molecule has 732 valence electrons. The summed E-state index contributed by atoms with van der Waals surface area (Å²) in [6.07, 6.45) is 8.49. The van der Waals surface area contributed by atoms with Crippen LogP contribution in [-0.4, -0.2) is 152 Å². The summed E-state index contributed by atoms with van der Waals surface area (Å²) in [5.74, 6) is -11.5. The molecule has 42 heteroatoms. The zero-order valence-electron chi connectivity index (χ0n) is 78.4. The van der Waals surface area contributed by atoms with Crippen LogP contribution >= 0.6 is 92.8 Å². The van der Waals surface area contributed by atoms with Gasteiger partial charge in [0.25, 0.3) is 16.7 Å². The number of hydrogen-bond donors (Lipinski definition) is 3. The molecule has 0 unspecified atom stereocenters. The number of fused-ring (bicyclic) bond motifs is 3. The van der Waals surface area contributed by atoms with Crippen molar-refractivity contribution in [1.82, 2.24) is 58.3 Å². The third-order valence-electron chi connectivity index (χ3n) is 24.9. The second-order valence-electron chi connectivity index (χ2n) is 35.3. The van der Waals surface area contributed by atoms with E-state index in [1.54, 1.807) is 77.2 Å². The van der Waals surface area contributed by atoms with Gasteiger partial charge in [0, 0.05) is 110 Å². The summed E-state index contributed by atoms with van der Waals surface area (Å²) in [4.78, 5) is 119. The van der Waals surface area contributed by atoms with Crippen molar-refractivity contribution in [3.05, 3.63) is 255 Å². The Balaban J connectivity index is 0.000000178. The first-order chi connectivity index (χ1) is 66.5. The number of pyridine rings is 9. The van der Waals surface area contributed by atoms with Gasteiger partial charge >= 0.3 is 0 Å². The van der Waals surface area contributed by atoms with Crippen LogP contribution in [0.25, 0.3) is 83.9 Å². The van der Waals surface area contributed by atoms with Crippen molar-refractivity contribution in [3.8, 4) is 69.0 Å². The van der Waals surface area contributed by atoms with E-state index in [0.29, 0.717) is 50.8 Å². The fraction of sp³-hybridized carbons (Fsp3) is 0.303. The number of aryl methyl sites for hydroxylation is 3. The average molecular weight is 2090 g/mol. The summed E-state index contributed by atoms with van der Waals surface area (Å²) in [7, 11) is 0. The number of nitrogen functional groups attached to an aromatic ring is 3. The Labute approximate surface area is 844 Å². The number of carbonyl (C=O) groups excluding carboxylic acids is 3. The second kappa shape index (κ2) is 41.2. The first-order valence-corrected chi connectivity index (χ1v) is 46.9. The van der Waals surface area contributed by atoms with E-state index in [2.05, 4.69) is 67.8 Å². The molecule has 27 nitrogen and oxygen atoms in total. The summed E-state index contributed by atoms with van der Waals surface area (Å²) < 4.78 is 111. The maximum Gasteiger partial charge on any atom is 0.276 e. The molecule has 0 saturated carbocycles. The molecule has 15 rings (SSSR count). The monoisotopic (exact) mass is 2080 g/mol. The minimum atomic E-state index is -1.88. The van der Waals surface area contributed by atoms with E-state index in [1.165, 1.54) is 50.1 Å². The van der Waals surface area contributed by atoms with Crippen molar-refractivity contribution in [1.29, 1.82) is 15.8 Å². The fourth-order valence-electron chi connectivity index (χ4n) is 18.8. The number of piperazine rings is 3. The van der Waals surface area contributed by atoms with E-state index >= 15 is 22.0 Å². The predicted molar refractivity (Wildman–Crippen MR) is 540 cm³/mol. The van der Waals surface area contributed by atoms with Gasteiger partial charge in [-0.25, -0.2) is 45.7 Å². The molecule has 6 atom stereocenters. The van der Waals surface area contributed by atoms with Gasteiger partial charge in [-0.15, -0.1) is 0 Å². The lowest BCUT2D eigenvalue weighted by Crippen LogP contribution is -2.58. The van der Waals surface area contributed by atoms with Gasteiger partial charge in [-0.1, -0.05) is 154 Å². The highest BCUT2D eigenvalue weighted by atomic mass is 35.5. The molecule has 3 saturated heterocycles. The van der Waals surface area contributed by atoms with Crippen LogP contribution in [0.1, 0.15) is 151 Å². The lowest BCUT2D eigenvalue weighted by atomic mass is 10.0. The normalized spacial score (nSPS) is 16.6. The van der Waals surface area contributed by atoms with E-state index in [0.717, 1.165) is 0 Å². The smallest absolute Gasteiger partial charge is 0.276 e. The van der Waals surface area contributed by atoms with Gasteiger partial charge < -0.3 is 46.6 Å². The molecule has 3 aliphatic heterocycles. The van der Waals surface area contributed by atoms with Crippen molar-refractivity contribution >= 4 is 178 Å². The number of carbonyl (C=O) groups is 3. The van der Waals surface area contributed by atoms with Crippen LogP contribution in [0.2, 0.25) is 40.2 Å². The molecule has 141 heavy (non-hydrogen) atoms. The van der Waals surface area contributed by atoms with E-state index in [4.69, 9.17) is 110 Å². The van der Waals surface area contributed by atoms with E-state index < -0.39 is 122 Å². The molecular formula is C99H90Cl8F7N21O6. The molecule has 6 N–H and O–H groups in total. The van der Waals surface area contributed by atoms with Crippen LogP contribution < -0.4 is 48.6 Å². The number of hydrogen-bond acceptors (Lipinski definition) is 21. The van der Waals surface area contributed by atoms with Gasteiger partial charge in [0.05, 0.1) is 142 Å². The van der Waals surface area contributed by atoms with Crippen LogP contribution in [0.5, 0.6) is 0 Å². The number of benzene rings is 3. The second-order valence-corrected chi connectivity index (χ2v) is 38.5. The lowest BCUT2D eigenvalue weighted by molar-refractivity contribution is -0.131. The standard InChI is InChI=1S/2C33H30Cl3F2N7O2.C33H30Cl2F3N7O2/c2*1-7-21(46)44-16(5)12-43(13-17(44)6)31-18-10-20(34)29(22-25(37)23(35)24(36)27(40)26(22)38)42-32(18)45(33(47)19(31)11-39)30-15(4)8-9-41-28(30)14(2)3;1-7-21(46)44-16(5)12-43(13-17(44)6)31-18-10-20(34)29(22-23(35)27(40)26(38)25(37)24(22)36)42-32(18)45(33(47)19(31)11-39)30-15(4)8-9-41-28(30)14(2)3/h3*7-10,14,16-17H,1,12-13,40H2,2-6H3/t3*16-,17+. The fourth-order valence-corrected chi connectivity index (χ4v) is 20.5. The summed E-state index contributed by atoms with van der Waals surface area (Å²) in [5.41, 5.74) is 14.0. The van der Waals surface area contributed by atoms with Crippen molar-refractivity contribution in [2.45, 2.75) is 158 Å². The van der Waals surface area contributed by atoms with Crippen LogP contribution in [0.3, 0.4) is 0 Å². The molecule has 12 aromatic rings. The Morgan fingerprint density at radius 2 is 0.631 bits per heavy atom. The molecule has 12 heterocycles. The minimum absolute atomic E-state index is 0.0465. The molecule has 0 bridgehead atoms. The number of nitrogens with two attached hydrogens (primary N) is 3. The molecule has 0 aliphatic carbocycles. The third-order valence-corrected chi connectivity index (χ3v) is 27.9. The highest BCUT2D eigenvalue weighted by Crippen LogP contribution is 2.50. The molecule has 3 amide bonds. The molecule has 3 aromatic carbocycles. The number of halogens is 15. The lowest BCUT2D eigenvalue weighted by Gasteiger charge is -2.45. The van der Waals surface area contributed by atoms with E-state index in [-0.39, 0.29) is 204 Å². The van der Waals surface area contributed by atoms with Gasteiger partial charge in [0.2, 0.25) is 17.7 Å². The van der Waals surface area contributed by atoms with Gasteiger partial charge in [0.1, 0.15) is 51.8 Å². The molecule has 3 aliphatic rings. The zero-order valence-corrected chi connectivity index (χ0v) is 84.4. The average Bonchev–Trinajstić information content (AvgIpc) is 0.725. The van der Waals surface area contributed by atoms with Crippen LogP contribution in [0.4, 0.5) is 64.9 Å². The molecule has 0 spiro atoms. The van der Waals surface area contributed by atoms with Crippen molar-refractivity contribution in [2.24, 2.45) is 0 Å². The summed E-state index contributed by atoms with van der Waals surface area (Å²) in [6.45, 7) is 39.9. The molecular weight excluding hydrogens is 2000 g/mol. The third kappa shape index (κ3) is 18.3. The number of nitrogens with zero attached hydrogens (tertiary/aromatic N) is 18. The minimum Gasteiger partial charge on any atom is -0.395 e. The number of anilines is 6. The predicted octanol–water partition coefficient (Wildman–Crippen LogP) is 21.0. The van der Waals surface area contributed by atoms with Crippen molar-refractivity contribution < 1.29 is 45.1 Å². The Kier molecular flexibility index (Phi) is 30.8. The van der Waals surface area contributed by atoms with E-state index in [1.807, 2.05) is 92.9 Å². The summed E-state index contributed by atoms with van der Waals surface area (Å²) in [6, 6.07) is 13.4. The number of aromatic nitrogens is 9. The molecule has 0 radical (unpaired) electrons. The Morgan fingerprint density at radius 3 is 0.872 bits per heavy atom. The Hall–Kier alpha value is -13.1. The number of nitriles is 3. The van der Waals surface area contributed by atoms with Gasteiger partial charge in [-0.2, -0.15) is 15.8 Å². The summed E-state index contributed by atoms with van der Waals surface area (Å²) in [5, 5.41) is 28.6. The number of rotatable bonds is 15. The van der Waals surface area contributed by atoms with Crippen molar-refractivity contribution in [2.75, 3.05) is 71.2 Å². The van der Waals surface area contributed by atoms with Crippen LogP contribution in [0, 0.1) is 95.5 Å². The first kappa shape index (κ1) is 105. The Bertz CT molecular complexity index is 6860. The Morgan fingerprint density at radius 1 is 0.383 bits per heavy atom. The molecule has 3 fully saturated rings. The van der Waals surface area contributed by atoms with Crippen LogP contribution in [0.15, 0.2) is 107 Å². The zero-order chi connectivity index (χ0) is 104. The highest BCUT2D eigenvalue weighted by molar-refractivity contribution is 6.45. The maximum absolute atomic E-state index is 15.6. The quantitative estimate of drug-likeness (QED) is 0.0282. The van der Waals surface area contributed by atoms with Gasteiger partial charge in [0.15, 0.2) is 40.7 Å². The topological polar surface area (TPSA) is 363 Å². The van der Waals surface area contributed by atoms with E-state index in [9.17, 15) is 53.3 Å².